The van der Waals surface area contributed by atoms with Gasteiger partial charge >= 0.3 is 5.97 Å². The highest BCUT2D eigenvalue weighted by Crippen LogP contribution is 2.71. The van der Waals surface area contributed by atoms with Crippen molar-refractivity contribution in [2.24, 2.45) is 34.5 Å². The number of ether oxygens (including phenoxy) is 1. The summed E-state index contributed by atoms with van der Waals surface area (Å²) in [6, 6.07) is 0. The van der Waals surface area contributed by atoms with Gasteiger partial charge < -0.3 is 20.1 Å². The van der Waals surface area contributed by atoms with Crippen molar-refractivity contribution in [2.75, 3.05) is 6.61 Å². The number of carbonyl (C=O) groups excluding carboxylic acids is 2. The molecule has 8 atom stereocenters. The van der Waals surface area contributed by atoms with Gasteiger partial charge in [0.25, 0.3) is 0 Å². The lowest BCUT2D eigenvalue weighted by Gasteiger charge is -2.48. The van der Waals surface area contributed by atoms with Crippen LogP contribution in [0.15, 0.2) is 47.6 Å². The summed E-state index contributed by atoms with van der Waals surface area (Å²) in [4.78, 5) is 27.1. The molecule has 0 radical (unpaired) electrons. The van der Waals surface area contributed by atoms with E-state index >= 15 is 0 Å². The van der Waals surface area contributed by atoms with Crippen molar-refractivity contribution >= 4 is 11.8 Å². The molecule has 4 rings (SSSR count). The fourth-order valence-electron chi connectivity index (χ4n) is 7.57. The first kappa shape index (κ1) is 27.0. The van der Waals surface area contributed by atoms with E-state index < -0.39 is 41.7 Å². The highest BCUT2D eigenvalue weighted by atomic mass is 16.6. The molecule has 0 heterocycles. The Balaban J connectivity index is 1.66. The number of fused-ring (bicyclic) bond motifs is 3. The maximum atomic E-state index is 14.3. The van der Waals surface area contributed by atoms with Gasteiger partial charge in [0.05, 0.1) is 12.0 Å². The number of carbonyl (C=O) groups is 2. The van der Waals surface area contributed by atoms with E-state index in [2.05, 4.69) is 20.8 Å². The number of rotatable bonds is 8. The minimum atomic E-state index is -2.10. The number of hydrogen-bond donors (Lipinski definition) is 3. The minimum absolute atomic E-state index is 0.0290. The van der Waals surface area contributed by atoms with Gasteiger partial charge in [0, 0.05) is 12.0 Å². The zero-order valence-electron chi connectivity index (χ0n) is 22.2. The summed E-state index contributed by atoms with van der Waals surface area (Å²) in [6.45, 7) is 9.66. The van der Waals surface area contributed by atoms with Crippen molar-refractivity contribution in [3.8, 4) is 0 Å². The molecule has 6 nitrogen and oxygen atoms in total. The van der Waals surface area contributed by atoms with Gasteiger partial charge in [0.1, 0.15) is 6.10 Å². The van der Waals surface area contributed by atoms with Crippen LogP contribution in [0.1, 0.15) is 66.7 Å². The molecule has 6 heteroatoms. The number of unbranched alkanes of at least 4 members (excludes halogenated alkanes) is 3. The largest absolute Gasteiger partial charge is 0.451 e. The Morgan fingerprint density at radius 2 is 1.97 bits per heavy atom. The van der Waals surface area contributed by atoms with E-state index in [0.717, 1.165) is 32.1 Å². The monoisotopic (exact) mass is 498 g/mol. The first-order valence-electron chi connectivity index (χ1n) is 13.5. The topological polar surface area (TPSA) is 104 Å². The number of aliphatic hydroxyl groups is 3. The van der Waals surface area contributed by atoms with E-state index in [1.54, 1.807) is 31.2 Å². The second-order valence-electron chi connectivity index (χ2n) is 12.0. The molecule has 2 saturated carbocycles. The fourth-order valence-corrected chi connectivity index (χ4v) is 7.57. The molecule has 36 heavy (non-hydrogen) atoms. The lowest BCUT2D eigenvalue weighted by Crippen LogP contribution is -2.65. The molecule has 1 spiro atoms. The number of esters is 1. The molecule has 0 amide bonds. The van der Waals surface area contributed by atoms with E-state index in [1.807, 2.05) is 13.0 Å². The van der Waals surface area contributed by atoms with Crippen LogP contribution in [0.4, 0.5) is 0 Å². The summed E-state index contributed by atoms with van der Waals surface area (Å²) in [7, 11) is 0. The van der Waals surface area contributed by atoms with Gasteiger partial charge in [-0.05, 0) is 60.5 Å². The molecule has 3 N–H and O–H groups in total. The van der Waals surface area contributed by atoms with Crippen molar-refractivity contribution < 1.29 is 29.6 Å². The molecular weight excluding hydrogens is 456 g/mol. The quantitative estimate of drug-likeness (QED) is 0.153. The molecular formula is C30H42O6. The first-order valence-corrected chi connectivity index (χ1v) is 13.5. The van der Waals surface area contributed by atoms with Crippen molar-refractivity contribution in [3.05, 3.63) is 47.6 Å². The van der Waals surface area contributed by atoms with Crippen LogP contribution in [-0.2, 0) is 14.3 Å². The second-order valence-corrected chi connectivity index (χ2v) is 12.0. The van der Waals surface area contributed by atoms with Gasteiger partial charge in [-0.15, -0.1) is 0 Å². The summed E-state index contributed by atoms with van der Waals surface area (Å²) in [5, 5.41) is 34.0. The van der Waals surface area contributed by atoms with Gasteiger partial charge in [-0.2, -0.15) is 0 Å². The van der Waals surface area contributed by atoms with Crippen LogP contribution in [0.2, 0.25) is 0 Å². The van der Waals surface area contributed by atoms with Gasteiger partial charge in [-0.25, -0.2) is 4.79 Å². The third kappa shape index (κ3) is 3.88. The molecule has 0 aliphatic heterocycles. The Morgan fingerprint density at radius 1 is 1.25 bits per heavy atom. The van der Waals surface area contributed by atoms with Gasteiger partial charge in [0.2, 0.25) is 0 Å². The smallest absolute Gasteiger partial charge is 0.331 e. The molecule has 0 saturated heterocycles. The Morgan fingerprint density at radius 3 is 2.64 bits per heavy atom. The highest BCUT2D eigenvalue weighted by molar-refractivity contribution is 5.95. The number of ketones is 1. The second kappa shape index (κ2) is 9.70. The molecule has 0 unspecified atom stereocenters. The van der Waals surface area contributed by atoms with Crippen molar-refractivity contribution in [1.82, 2.24) is 0 Å². The van der Waals surface area contributed by atoms with Crippen LogP contribution in [0.25, 0.3) is 0 Å². The Bertz CT molecular complexity index is 1020. The Labute approximate surface area is 214 Å². The average molecular weight is 499 g/mol. The van der Waals surface area contributed by atoms with Gasteiger partial charge in [-0.3, -0.25) is 4.79 Å². The molecule has 0 aromatic heterocycles. The standard InChI is InChI=1S/C30H42O6/c1-6-7-8-9-10-11-12-13-23(32)36-27-18(2)16-29-19(3)14-22-24(28(22,4)5)21(26(29)34)15-20(17-31)25(33)30(27,29)35/h10-13,15-16,19,21-22,24-25,27,31,33,35H,6-9,14,17H2,1-5H3/t19-,21+,22-,24+,25-,27+,29+,30+/m1/s1. The third-order valence-electron chi connectivity index (χ3n) is 9.58. The normalized spacial score (nSPS) is 40.8. The molecule has 2 fully saturated rings. The van der Waals surface area contributed by atoms with Crippen LogP contribution in [0.3, 0.4) is 0 Å². The summed E-state index contributed by atoms with van der Waals surface area (Å²) < 4.78 is 5.76. The van der Waals surface area contributed by atoms with Crippen LogP contribution in [-0.4, -0.2) is 51.5 Å². The van der Waals surface area contributed by atoms with E-state index in [4.69, 9.17) is 4.74 Å². The first-order chi connectivity index (χ1) is 17.0. The number of allylic oxidation sites excluding steroid dienone is 4. The van der Waals surface area contributed by atoms with E-state index in [0.29, 0.717) is 11.5 Å². The summed E-state index contributed by atoms with van der Waals surface area (Å²) in [6.07, 6.45) is 12.4. The molecule has 0 aromatic rings. The zero-order chi connectivity index (χ0) is 26.5. The van der Waals surface area contributed by atoms with E-state index in [1.165, 1.54) is 6.08 Å². The SMILES string of the molecule is CCCCCC=CC=CC(=O)O[C@H]1C(C)=C[C@]23C(=O)[C@@H](C=C(CO)[C@@H](O)[C@]12O)[C@H]1[C@@H](C[C@H]3C)C1(C)C. The van der Waals surface area contributed by atoms with Crippen LogP contribution >= 0.6 is 0 Å². The average Bonchev–Trinajstić information content (AvgIpc) is 3.32. The zero-order valence-corrected chi connectivity index (χ0v) is 22.2. The van der Waals surface area contributed by atoms with Crippen LogP contribution in [0.5, 0.6) is 0 Å². The van der Waals surface area contributed by atoms with Gasteiger partial charge in [0.15, 0.2) is 17.5 Å². The Kier molecular flexibility index (Phi) is 7.28. The van der Waals surface area contributed by atoms with Crippen LogP contribution in [0, 0.1) is 34.5 Å². The van der Waals surface area contributed by atoms with Crippen molar-refractivity contribution in [3.63, 3.8) is 0 Å². The maximum absolute atomic E-state index is 14.3. The third-order valence-corrected chi connectivity index (χ3v) is 9.58. The lowest BCUT2D eigenvalue weighted by molar-refractivity contribution is -0.201. The highest BCUT2D eigenvalue weighted by Gasteiger charge is 2.76. The summed E-state index contributed by atoms with van der Waals surface area (Å²) in [5.74, 6) is -1.21. The molecule has 4 aliphatic carbocycles. The fraction of sp³-hybridized carbons (Fsp3) is 0.667. The summed E-state index contributed by atoms with van der Waals surface area (Å²) in [5.41, 5.74) is -2.79. The van der Waals surface area contributed by atoms with Crippen molar-refractivity contribution in [2.45, 2.75) is 84.5 Å². The molecule has 0 aromatic carbocycles. The minimum Gasteiger partial charge on any atom is -0.451 e. The van der Waals surface area contributed by atoms with Gasteiger partial charge in [-0.1, -0.05) is 70.9 Å². The number of hydrogen-bond acceptors (Lipinski definition) is 6. The molecule has 198 valence electrons. The van der Waals surface area contributed by atoms with Crippen molar-refractivity contribution in [1.29, 1.82) is 0 Å². The maximum Gasteiger partial charge on any atom is 0.331 e. The van der Waals surface area contributed by atoms with E-state index in [9.17, 15) is 24.9 Å². The molecule has 4 aliphatic rings. The lowest BCUT2D eigenvalue weighted by atomic mass is 9.59. The van der Waals surface area contributed by atoms with E-state index in [-0.39, 0.29) is 28.6 Å². The van der Waals surface area contributed by atoms with Crippen LogP contribution < -0.4 is 0 Å². The summed E-state index contributed by atoms with van der Waals surface area (Å²) >= 11 is 0. The predicted molar refractivity (Wildman–Crippen MR) is 138 cm³/mol. The number of Topliss-reactive ketones (excluding diaryl/α,β-unsaturated/α-hetero) is 1. The molecule has 2 bridgehead atoms. The number of aliphatic hydroxyl groups excluding tert-OH is 2. The Hall–Kier alpha value is -2.02. The predicted octanol–water partition coefficient (Wildman–Crippen LogP) is 4.06.